The smallest absolute Gasteiger partial charge is 0.307 e. The maximum absolute atomic E-state index is 15.0. The quantitative estimate of drug-likeness (QED) is 0.148. The summed E-state index contributed by atoms with van der Waals surface area (Å²) in [5.41, 5.74) is -0.798. The van der Waals surface area contributed by atoms with Gasteiger partial charge in [-0.2, -0.15) is 0 Å². The fourth-order valence-corrected chi connectivity index (χ4v) is 15.4. The van der Waals surface area contributed by atoms with Crippen molar-refractivity contribution < 1.29 is 54.5 Å². The summed E-state index contributed by atoms with van der Waals surface area (Å²) in [5, 5.41) is 0. The molecule has 4 saturated heterocycles. The second-order valence-corrected chi connectivity index (χ2v) is 23.9. The van der Waals surface area contributed by atoms with Gasteiger partial charge >= 0.3 is 30.4 Å². The van der Waals surface area contributed by atoms with E-state index in [9.17, 15) is 13.7 Å². The van der Waals surface area contributed by atoms with Crippen LogP contribution in [0.2, 0.25) is 0 Å². The van der Waals surface area contributed by atoms with Gasteiger partial charge in [0.05, 0.1) is 74.1 Å². The Morgan fingerprint density at radius 2 is 0.804 bits per heavy atom. The highest BCUT2D eigenvalue weighted by Gasteiger charge is 2.66. The van der Waals surface area contributed by atoms with E-state index in [2.05, 4.69) is 0 Å². The zero-order valence-electron chi connectivity index (χ0n) is 31.2. The topological polar surface area (TPSA) is 142 Å². The van der Waals surface area contributed by atoms with Crippen molar-refractivity contribution >= 4 is 30.4 Å². The van der Waals surface area contributed by atoms with Crippen molar-refractivity contribution in [1.82, 2.24) is 0 Å². The molecule has 0 saturated carbocycles. The minimum absolute atomic E-state index is 0.0425. The number of benzene rings is 4. The van der Waals surface area contributed by atoms with Crippen LogP contribution in [-0.2, 0) is 66.8 Å². The minimum atomic E-state index is -4.02. The van der Waals surface area contributed by atoms with Gasteiger partial charge in [0.2, 0.25) is 0 Å². The molecule has 4 aliphatic heterocycles. The third-order valence-corrected chi connectivity index (χ3v) is 19.3. The summed E-state index contributed by atoms with van der Waals surface area (Å²) in [6.45, 7) is 2.49. The second kappa shape index (κ2) is 15.9. The number of hydrogen-bond donors (Lipinski definition) is 0. The molecular weight excluding hydrogens is 796 g/mol. The normalized spacial score (nSPS) is 37.2. The maximum atomic E-state index is 15.0. The highest BCUT2D eigenvalue weighted by molar-refractivity contribution is 7.55. The molecule has 56 heavy (non-hydrogen) atoms. The molecule has 8 rings (SSSR count). The van der Waals surface area contributed by atoms with Crippen LogP contribution in [0.5, 0.6) is 0 Å². The third kappa shape index (κ3) is 8.07. The predicted octanol–water partition coefficient (Wildman–Crippen LogP) is 10.6. The van der Waals surface area contributed by atoms with Crippen LogP contribution in [0.25, 0.3) is 0 Å². The van der Waals surface area contributed by atoms with Crippen LogP contribution in [0.3, 0.4) is 0 Å². The molecular formula is C40H46O12P4. The first kappa shape index (κ1) is 40.3. The van der Waals surface area contributed by atoms with Crippen molar-refractivity contribution in [2.45, 2.75) is 49.7 Å². The lowest BCUT2D eigenvalue weighted by Gasteiger charge is -2.56. The Morgan fingerprint density at radius 3 is 1.27 bits per heavy atom. The van der Waals surface area contributed by atoms with Crippen LogP contribution in [0, 0.1) is 10.8 Å². The Hall–Kier alpha value is -2.52. The van der Waals surface area contributed by atoms with E-state index in [1.165, 1.54) is 0 Å². The monoisotopic (exact) mass is 842 g/mol. The number of hydrogen-bond acceptors (Lipinski definition) is 12. The predicted molar refractivity (Wildman–Crippen MR) is 211 cm³/mol. The van der Waals surface area contributed by atoms with Crippen LogP contribution < -0.4 is 0 Å². The summed E-state index contributed by atoms with van der Waals surface area (Å²) in [6.07, 6.45) is -2.39. The van der Waals surface area contributed by atoms with Gasteiger partial charge in [0.25, 0.3) is 0 Å². The molecule has 16 heteroatoms. The Balaban J connectivity index is 1.17. The molecule has 4 heterocycles. The molecule has 0 aromatic heterocycles. The van der Waals surface area contributed by atoms with E-state index in [0.29, 0.717) is 0 Å². The molecule has 6 unspecified atom stereocenters. The second-order valence-electron chi connectivity index (χ2n) is 15.2. The van der Waals surface area contributed by atoms with E-state index in [1.807, 2.05) is 121 Å². The van der Waals surface area contributed by atoms with Gasteiger partial charge in [0.1, 0.15) is 12.2 Å². The lowest BCUT2D eigenvalue weighted by atomic mass is 9.72. The lowest BCUT2D eigenvalue weighted by molar-refractivity contribution is -0.204. The summed E-state index contributed by atoms with van der Waals surface area (Å²) in [4.78, 5) is 0. The molecule has 4 aliphatic rings. The van der Waals surface area contributed by atoms with Crippen molar-refractivity contribution in [3.05, 3.63) is 144 Å². The molecule has 4 aromatic carbocycles. The fraction of sp³-hybridized carbons (Fsp3) is 0.400. The summed E-state index contributed by atoms with van der Waals surface area (Å²) in [6, 6.07) is 37.0. The molecule has 2 spiro atoms. The van der Waals surface area contributed by atoms with Gasteiger partial charge in [-0.15, -0.1) is 0 Å². The molecule has 12 nitrogen and oxygen atoms in total. The average molecular weight is 843 g/mol. The van der Waals surface area contributed by atoms with Gasteiger partial charge in [-0.1, -0.05) is 121 Å². The third-order valence-electron chi connectivity index (χ3n) is 11.2. The summed E-state index contributed by atoms with van der Waals surface area (Å²) >= 11 is 0. The highest BCUT2D eigenvalue weighted by atomic mass is 31.2. The molecule has 0 amide bonds. The van der Waals surface area contributed by atoms with Gasteiger partial charge in [-0.05, 0) is 36.1 Å². The van der Waals surface area contributed by atoms with Gasteiger partial charge < -0.3 is 36.2 Å². The zero-order chi connectivity index (χ0) is 39.1. The van der Waals surface area contributed by atoms with E-state index in [0.717, 1.165) is 22.3 Å². The molecule has 0 bridgehead atoms. The van der Waals surface area contributed by atoms with Gasteiger partial charge in [0, 0.05) is 0 Å². The van der Waals surface area contributed by atoms with E-state index in [-0.39, 0.29) is 52.0 Å². The first-order chi connectivity index (χ1) is 26.9. The van der Waals surface area contributed by atoms with Crippen molar-refractivity contribution in [2.24, 2.45) is 10.8 Å². The van der Waals surface area contributed by atoms with Crippen LogP contribution in [-0.4, -0.2) is 51.8 Å². The molecule has 0 N–H and O–H groups in total. The molecule has 298 valence electrons. The molecule has 6 atom stereocenters. The Bertz CT molecular complexity index is 2130. The lowest BCUT2D eigenvalue weighted by Crippen LogP contribution is -2.65. The molecule has 0 radical (unpaired) electrons. The standard InChI is InChI=1S/C40H46O12P4/c1-31(35-19-11-5-12-20-35)55(43)48-28-40(29-49-55)30-50-56(44,32(2)36-21-13-6-14-22-36)52-38(40)37-39(27-47-54(42,51-37)24-34-17-9-4-10-18-34)25-45-53(41,46-26-39)23-33-15-7-3-8-16-33/h3-22,31-32,37-38H,23-30H2,1-2H3. The molecule has 4 fully saturated rings. The Morgan fingerprint density at radius 1 is 0.464 bits per heavy atom. The van der Waals surface area contributed by atoms with Crippen molar-refractivity contribution in [1.29, 1.82) is 0 Å². The minimum Gasteiger partial charge on any atom is -0.307 e. The molecule has 0 aliphatic carbocycles. The van der Waals surface area contributed by atoms with Crippen LogP contribution in [0.4, 0.5) is 0 Å². The van der Waals surface area contributed by atoms with Crippen LogP contribution >= 0.6 is 30.4 Å². The molecule has 4 aromatic rings. The summed E-state index contributed by atoms with van der Waals surface area (Å²) in [7, 11) is -15.3. The van der Waals surface area contributed by atoms with Crippen LogP contribution in [0.15, 0.2) is 121 Å². The van der Waals surface area contributed by atoms with Gasteiger partial charge in [-0.25, -0.2) is 0 Å². The highest BCUT2D eigenvalue weighted by Crippen LogP contribution is 2.72. The van der Waals surface area contributed by atoms with E-state index >= 15 is 4.57 Å². The van der Waals surface area contributed by atoms with E-state index in [1.54, 1.807) is 13.8 Å². The van der Waals surface area contributed by atoms with E-state index in [4.69, 9.17) is 36.2 Å². The Labute approximate surface area is 327 Å². The van der Waals surface area contributed by atoms with Crippen molar-refractivity contribution in [2.75, 3.05) is 39.6 Å². The summed E-state index contributed by atoms with van der Waals surface area (Å²) < 4.78 is 109. The Kier molecular flexibility index (Phi) is 11.4. The maximum Gasteiger partial charge on any atom is 0.338 e. The SMILES string of the molecule is CC(c1ccccc1)P1(=O)OCC2(CO1)COP(=O)(C(C)c1ccccc1)OC2C1OP(=O)(Cc2ccccc2)OCC12COP(=O)(Cc1ccccc1)OC2. The van der Waals surface area contributed by atoms with Crippen molar-refractivity contribution in [3.8, 4) is 0 Å². The average Bonchev–Trinajstić information content (AvgIpc) is 3.23. The zero-order valence-corrected chi connectivity index (χ0v) is 34.8. The number of rotatable bonds is 9. The van der Waals surface area contributed by atoms with Crippen LogP contribution in [0.1, 0.15) is 47.4 Å². The first-order valence-electron chi connectivity index (χ1n) is 18.7. The van der Waals surface area contributed by atoms with E-state index < -0.39 is 64.7 Å². The summed E-state index contributed by atoms with van der Waals surface area (Å²) in [5.74, 6) is 0. The van der Waals surface area contributed by atoms with Gasteiger partial charge in [0.15, 0.2) is 0 Å². The van der Waals surface area contributed by atoms with Gasteiger partial charge in [-0.3, -0.25) is 18.3 Å². The largest absolute Gasteiger partial charge is 0.338 e. The fourth-order valence-electron chi connectivity index (χ4n) is 7.57. The first-order valence-corrected chi connectivity index (χ1v) is 25.3. The van der Waals surface area contributed by atoms with Crippen molar-refractivity contribution in [3.63, 3.8) is 0 Å².